The Morgan fingerprint density at radius 1 is 0.903 bits per heavy atom. The third-order valence-electron chi connectivity index (χ3n) is 4.36. The lowest BCUT2D eigenvalue weighted by Crippen LogP contribution is -2.11. The zero-order valence-corrected chi connectivity index (χ0v) is 18.3. The predicted octanol–water partition coefficient (Wildman–Crippen LogP) is 6.49. The SMILES string of the molecule is CCOc1cccc(OC(=N\c2ccc(C)cc2)/C(C)=C/Oc2ccccc2OC)c1. The minimum atomic E-state index is 0.424. The molecule has 0 fully saturated rings. The van der Waals surface area contributed by atoms with Crippen LogP contribution in [0, 0.1) is 6.92 Å². The Hall–Kier alpha value is -3.73. The normalized spacial score (nSPS) is 11.7. The number of aliphatic imine (C=N–C) groups is 1. The van der Waals surface area contributed by atoms with Gasteiger partial charge < -0.3 is 18.9 Å². The van der Waals surface area contributed by atoms with Crippen LogP contribution in [0.1, 0.15) is 19.4 Å². The first-order valence-corrected chi connectivity index (χ1v) is 10.1. The summed E-state index contributed by atoms with van der Waals surface area (Å²) in [5.74, 6) is 3.04. The van der Waals surface area contributed by atoms with Gasteiger partial charge in [0.25, 0.3) is 0 Å². The number of hydrogen-bond acceptors (Lipinski definition) is 5. The van der Waals surface area contributed by atoms with Crippen molar-refractivity contribution in [2.45, 2.75) is 20.8 Å². The van der Waals surface area contributed by atoms with E-state index in [4.69, 9.17) is 23.9 Å². The van der Waals surface area contributed by atoms with Crippen molar-refractivity contribution in [1.82, 2.24) is 0 Å². The second kappa shape index (κ2) is 10.9. The molecule has 0 heterocycles. The molecule has 160 valence electrons. The second-order valence-electron chi connectivity index (χ2n) is 6.83. The van der Waals surface area contributed by atoms with E-state index in [1.165, 1.54) is 0 Å². The number of para-hydroxylation sites is 2. The number of aryl methyl sites for hydroxylation is 1. The van der Waals surface area contributed by atoms with Crippen LogP contribution in [-0.4, -0.2) is 19.6 Å². The molecule has 0 saturated carbocycles. The highest BCUT2D eigenvalue weighted by Crippen LogP contribution is 2.27. The van der Waals surface area contributed by atoms with Gasteiger partial charge in [0.2, 0.25) is 5.90 Å². The molecule has 0 saturated heterocycles. The lowest BCUT2D eigenvalue weighted by Gasteiger charge is -2.12. The molecule has 0 amide bonds. The van der Waals surface area contributed by atoms with E-state index in [2.05, 4.69) is 0 Å². The maximum absolute atomic E-state index is 6.13. The highest BCUT2D eigenvalue weighted by Gasteiger charge is 2.10. The summed E-state index contributed by atoms with van der Waals surface area (Å²) in [6.07, 6.45) is 1.61. The lowest BCUT2D eigenvalue weighted by molar-refractivity contribution is 0.339. The topological polar surface area (TPSA) is 49.3 Å². The van der Waals surface area contributed by atoms with E-state index >= 15 is 0 Å². The van der Waals surface area contributed by atoms with Crippen LogP contribution in [0.4, 0.5) is 5.69 Å². The Balaban J connectivity index is 1.91. The first kappa shape index (κ1) is 22.0. The predicted molar refractivity (Wildman–Crippen MR) is 124 cm³/mol. The van der Waals surface area contributed by atoms with E-state index in [0.29, 0.717) is 35.3 Å². The molecule has 31 heavy (non-hydrogen) atoms. The summed E-state index contributed by atoms with van der Waals surface area (Å²) in [4.78, 5) is 4.70. The van der Waals surface area contributed by atoms with Crippen molar-refractivity contribution in [3.05, 3.63) is 90.2 Å². The minimum Gasteiger partial charge on any atom is -0.494 e. The van der Waals surface area contributed by atoms with Gasteiger partial charge in [-0.3, -0.25) is 0 Å². The van der Waals surface area contributed by atoms with Crippen LogP contribution in [0.5, 0.6) is 23.0 Å². The minimum absolute atomic E-state index is 0.424. The molecule has 0 radical (unpaired) electrons. The van der Waals surface area contributed by atoms with E-state index in [-0.39, 0.29) is 0 Å². The third kappa shape index (κ3) is 6.37. The Labute approximate surface area is 183 Å². The van der Waals surface area contributed by atoms with Crippen LogP contribution in [0.25, 0.3) is 0 Å². The van der Waals surface area contributed by atoms with Gasteiger partial charge in [0, 0.05) is 11.6 Å². The van der Waals surface area contributed by atoms with Crippen LogP contribution in [0.15, 0.2) is 89.6 Å². The van der Waals surface area contributed by atoms with Gasteiger partial charge in [-0.05, 0) is 57.2 Å². The molecule has 5 nitrogen and oxygen atoms in total. The van der Waals surface area contributed by atoms with Crippen molar-refractivity contribution in [2.75, 3.05) is 13.7 Å². The highest BCUT2D eigenvalue weighted by atomic mass is 16.5. The summed E-state index contributed by atoms with van der Waals surface area (Å²) in [6.45, 7) is 6.45. The summed E-state index contributed by atoms with van der Waals surface area (Å²) in [5.41, 5.74) is 2.66. The number of benzene rings is 3. The summed E-state index contributed by atoms with van der Waals surface area (Å²) in [7, 11) is 1.61. The molecular weight excluding hydrogens is 390 g/mol. The molecule has 0 atom stereocenters. The van der Waals surface area contributed by atoms with Gasteiger partial charge in [-0.2, -0.15) is 0 Å². The van der Waals surface area contributed by atoms with Crippen LogP contribution in [0.3, 0.4) is 0 Å². The van der Waals surface area contributed by atoms with Crippen LogP contribution in [-0.2, 0) is 0 Å². The van der Waals surface area contributed by atoms with E-state index < -0.39 is 0 Å². The van der Waals surface area contributed by atoms with Crippen LogP contribution >= 0.6 is 0 Å². The molecule has 0 aliphatic heterocycles. The standard InChI is InChI=1S/C26H27NO4/c1-5-29-22-9-8-10-23(17-22)31-26(27-21-15-13-19(2)14-16-21)20(3)18-30-25-12-7-6-11-24(25)28-4/h6-18H,5H2,1-4H3/b20-18+,27-26-. The van der Waals surface area contributed by atoms with Gasteiger partial charge in [-0.25, -0.2) is 4.99 Å². The van der Waals surface area contributed by atoms with Crippen LogP contribution in [0.2, 0.25) is 0 Å². The molecule has 0 unspecified atom stereocenters. The largest absolute Gasteiger partial charge is 0.494 e. The number of nitrogens with zero attached hydrogens (tertiary/aromatic N) is 1. The van der Waals surface area contributed by atoms with Crippen molar-refractivity contribution >= 4 is 11.6 Å². The first-order chi connectivity index (χ1) is 15.1. The average Bonchev–Trinajstić information content (AvgIpc) is 2.79. The van der Waals surface area contributed by atoms with Gasteiger partial charge in [0.05, 0.1) is 25.7 Å². The molecule has 0 spiro atoms. The monoisotopic (exact) mass is 417 g/mol. The third-order valence-corrected chi connectivity index (χ3v) is 4.36. The molecule has 0 N–H and O–H groups in total. The lowest BCUT2D eigenvalue weighted by atomic mass is 10.2. The maximum atomic E-state index is 6.13. The molecular formula is C26H27NO4. The van der Waals surface area contributed by atoms with Gasteiger partial charge in [-0.1, -0.05) is 35.9 Å². The molecule has 3 aromatic carbocycles. The van der Waals surface area contributed by atoms with Crippen molar-refractivity contribution in [2.24, 2.45) is 4.99 Å². The fourth-order valence-electron chi connectivity index (χ4n) is 2.75. The molecule has 0 bridgehead atoms. The summed E-state index contributed by atoms with van der Waals surface area (Å²) < 4.78 is 22.9. The van der Waals surface area contributed by atoms with Gasteiger partial charge in [-0.15, -0.1) is 0 Å². The quantitative estimate of drug-likeness (QED) is 0.239. The summed E-state index contributed by atoms with van der Waals surface area (Å²) >= 11 is 0. The number of hydrogen-bond donors (Lipinski definition) is 0. The van der Waals surface area contributed by atoms with Crippen molar-refractivity contribution in [1.29, 1.82) is 0 Å². The second-order valence-corrected chi connectivity index (χ2v) is 6.83. The van der Waals surface area contributed by atoms with Crippen molar-refractivity contribution in [3.8, 4) is 23.0 Å². The molecule has 5 heteroatoms. The zero-order valence-electron chi connectivity index (χ0n) is 18.3. The smallest absolute Gasteiger partial charge is 0.225 e. The summed E-state index contributed by atoms with van der Waals surface area (Å²) in [5, 5.41) is 0. The molecule has 0 aliphatic rings. The number of methoxy groups -OCH3 is 1. The van der Waals surface area contributed by atoms with Crippen LogP contribution < -0.4 is 18.9 Å². The molecule has 0 aromatic heterocycles. The Kier molecular flexibility index (Phi) is 7.71. The Morgan fingerprint density at radius 3 is 2.32 bits per heavy atom. The first-order valence-electron chi connectivity index (χ1n) is 10.1. The van der Waals surface area contributed by atoms with Gasteiger partial charge >= 0.3 is 0 Å². The van der Waals surface area contributed by atoms with Gasteiger partial charge in [0.1, 0.15) is 11.5 Å². The molecule has 3 rings (SSSR count). The van der Waals surface area contributed by atoms with E-state index in [0.717, 1.165) is 17.0 Å². The maximum Gasteiger partial charge on any atom is 0.225 e. The highest BCUT2D eigenvalue weighted by molar-refractivity contribution is 5.96. The molecule has 0 aliphatic carbocycles. The van der Waals surface area contributed by atoms with E-state index in [1.54, 1.807) is 13.4 Å². The average molecular weight is 418 g/mol. The van der Waals surface area contributed by atoms with Crippen molar-refractivity contribution < 1.29 is 18.9 Å². The molecule has 3 aromatic rings. The fraction of sp³-hybridized carbons (Fsp3) is 0.192. The summed E-state index contributed by atoms with van der Waals surface area (Å²) in [6, 6.07) is 22.8. The Bertz CT molecular complexity index is 1060. The van der Waals surface area contributed by atoms with E-state index in [9.17, 15) is 0 Å². The number of ether oxygens (including phenoxy) is 4. The number of rotatable bonds is 8. The zero-order chi connectivity index (χ0) is 22.1. The fourth-order valence-corrected chi connectivity index (χ4v) is 2.75. The Morgan fingerprint density at radius 2 is 1.61 bits per heavy atom. The van der Waals surface area contributed by atoms with Gasteiger partial charge in [0.15, 0.2) is 11.5 Å². The van der Waals surface area contributed by atoms with Crippen molar-refractivity contribution in [3.63, 3.8) is 0 Å². The van der Waals surface area contributed by atoms with E-state index in [1.807, 2.05) is 93.6 Å².